The van der Waals surface area contributed by atoms with Crippen LogP contribution < -0.4 is 10.1 Å². The maximum Gasteiger partial charge on any atom is 0.387 e. The van der Waals surface area contributed by atoms with E-state index in [1.807, 2.05) is 12.1 Å². The van der Waals surface area contributed by atoms with Crippen molar-refractivity contribution in [2.24, 2.45) is 5.92 Å². The van der Waals surface area contributed by atoms with E-state index in [0.717, 1.165) is 17.1 Å². The fourth-order valence-electron chi connectivity index (χ4n) is 2.34. The smallest absolute Gasteiger partial charge is 0.387 e. The monoisotopic (exact) mass is 417 g/mol. The Bertz CT molecular complexity index is 804. The number of amides is 1. The van der Waals surface area contributed by atoms with Crippen LogP contribution in [0, 0.1) is 5.92 Å². The number of benzene rings is 2. The Morgan fingerprint density at radius 3 is 2.69 bits per heavy atom. The normalized spacial score (nSPS) is 17.8. The van der Waals surface area contributed by atoms with Gasteiger partial charge in [-0.15, -0.1) is 35.0 Å². The van der Waals surface area contributed by atoms with Crippen LogP contribution in [0.15, 0.2) is 53.4 Å². The van der Waals surface area contributed by atoms with Crippen molar-refractivity contribution in [3.63, 3.8) is 0 Å². The fraction of sp³-hybridized carbons (Fsp3) is 0.278. The number of nitrogens with one attached hydrogen (secondary N) is 1. The molecule has 0 radical (unpaired) electrons. The molecule has 0 saturated heterocycles. The summed E-state index contributed by atoms with van der Waals surface area (Å²) in [5.74, 6) is 0.498. The zero-order valence-electron chi connectivity index (χ0n) is 13.4. The summed E-state index contributed by atoms with van der Waals surface area (Å²) in [6.45, 7) is -2.94. The summed E-state index contributed by atoms with van der Waals surface area (Å²) in [7, 11) is 0. The maximum atomic E-state index is 12.5. The standard InChI is InChI=1S/C18H15Cl2F2NO2S/c19-18(20)9-12(18)10-26-15-7-2-1-6-14(15)23-16(24)11-4-3-5-13(8-11)25-17(21)22/h1-8,12,17H,9-10H2,(H,23,24)/t12-/m0/s1. The van der Waals surface area contributed by atoms with Crippen LogP contribution in [-0.4, -0.2) is 22.6 Å². The van der Waals surface area contributed by atoms with Gasteiger partial charge in [0.25, 0.3) is 5.91 Å². The Kier molecular flexibility index (Phi) is 5.95. The molecule has 138 valence electrons. The molecule has 26 heavy (non-hydrogen) atoms. The van der Waals surface area contributed by atoms with Crippen molar-refractivity contribution in [1.82, 2.24) is 0 Å². The zero-order chi connectivity index (χ0) is 18.7. The average molecular weight is 418 g/mol. The molecule has 0 unspecified atom stereocenters. The summed E-state index contributed by atoms with van der Waals surface area (Å²) < 4.78 is 28.3. The first-order valence-electron chi connectivity index (χ1n) is 7.81. The summed E-state index contributed by atoms with van der Waals surface area (Å²) in [6, 6.07) is 13.0. The molecule has 1 amide bonds. The van der Waals surface area contributed by atoms with E-state index in [0.29, 0.717) is 5.69 Å². The van der Waals surface area contributed by atoms with Gasteiger partial charge in [0.15, 0.2) is 0 Å². The number of halogens is 4. The third-order valence-electron chi connectivity index (χ3n) is 3.85. The minimum absolute atomic E-state index is 0.0652. The highest BCUT2D eigenvalue weighted by Gasteiger charge is 2.51. The summed E-state index contributed by atoms with van der Waals surface area (Å²) in [5, 5.41) is 2.80. The number of ether oxygens (including phenoxy) is 1. The first kappa shape index (κ1) is 19.3. The van der Waals surface area contributed by atoms with Gasteiger partial charge in [0, 0.05) is 22.1 Å². The molecule has 1 atom stereocenters. The quantitative estimate of drug-likeness (QED) is 0.455. The van der Waals surface area contributed by atoms with E-state index in [-0.39, 0.29) is 17.2 Å². The number of carbonyl (C=O) groups is 1. The average Bonchev–Trinajstić information content (AvgIpc) is 3.20. The molecule has 0 spiro atoms. The summed E-state index contributed by atoms with van der Waals surface area (Å²) in [5.41, 5.74) is 0.865. The van der Waals surface area contributed by atoms with Gasteiger partial charge in [-0.25, -0.2) is 0 Å². The lowest BCUT2D eigenvalue weighted by molar-refractivity contribution is -0.0498. The van der Waals surface area contributed by atoms with E-state index in [1.54, 1.807) is 23.9 Å². The first-order chi connectivity index (χ1) is 12.3. The van der Waals surface area contributed by atoms with Crippen LogP contribution >= 0.6 is 35.0 Å². The number of para-hydroxylation sites is 1. The highest BCUT2D eigenvalue weighted by Crippen LogP contribution is 2.55. The molecule has 1 N–H and O–H groups in total. The largest absolute Gasteiger partial charge is 0.435 e. The van der Waals surface area contributed by atoms with E-state index in [4.69, 9.17) is 23.2 Å². The lowest BCUT2D eigenvalue weighted by Crippen LogP contribution is -2.13. The van der Waals surface area contributed by atoms with Crippen molar-refractivity contribution in [2.45, 2.75) is 22.3 Å². The highest BCUT2D eigenvalue weighted by molar-refractivity contribution is 7.99. The van der Waals surface area contributed by atoms with Crippen LogP contribution in [-0.2, 0) is 0 Å². The Balaban J connectivity index is 1.67. The van der Waals surface area contributed by atoms with Crippen LogP contribution in [0.1, 0.15) is 16.8 Å². The molecule has 2 aromatic carbocycles. The molecule has 2 aromatic rings. The first-order valence-corrected chi connectivity index (χ1v) is 9.55. The molecule has 1 aliphatic carbocycles. The van der Waals surface area contributed by atoms with E-state index in [2.05, 4.69) is 10.1 Å². The topological polar surface area (TPSA) is 38.3 Å². The summed E-state index contributed by atoms with van der Waals surface area (Å²) in [6.07, 6.45) is 0.758. The van der Waals surface area contributed by atoms with Gasteiger partial charge in [-0.3, -0.25) is 4.79 Å². The van der Waals surface area contributed by atoms with Crippen molar-refractivity contribution < 1.29 is 18.3 Å². The van der Waals surface area contributed by atoms with E-state index < -0.39 is 16.9 Å². The second kappa shape index (κ2) is 8.03. The second-order valence-electron chi connectivity index (χ2n) is 5.83. The van der Waals surface area contributed by atoms with Gasteiger partial charge in [0.2, 0.25) is 0 Å². The van der Waals surface area contributed by atoms with E-state index >= 15 is 0 Å². The molecule has 8 heteroatoms. The van der Waals surface area contributed by atoms with Gasteiger partial charge in [-0.1, -0.05) is 18.2 Å². The van der Waals surface area contributed by atoms with Crippen LogP contribution in [0.5, 0.6) is 5.75 Å². The number of hydrogen-bond donors (Lipinski definition) is 1. The molecule has 0 bridgehead atoms. The SMILES string of the molecule is O=C(Nc1ccccc1SC[C@@H]1CC1(Cl)Cl)c1cccc(OC(F)F)c1. The van der Waals surface area contributed by atoms with Gasteiger partial charge >= 0.3 is 6.61 Å². The minimum Gasteiger partial charge on any atom is -0.435 e. The van der Waals surface area contributed by atoms with Gasteiger partial charge in [-0.05, 0) is 36.8 Å². The highest BCUT2D eigenvalue weighted by atomic mass is 35.5. The Morgan fingerprint density at radius 1 is 1.27 bits per heavy atom. The van der Waals surface area contributed by atoms with Crippen molar-refractivity contribution in [1.29, 1.82) is 0 Å². The minimum atomic E-state index is -2.94. The van der Waals surface area contributed by atoms with Crippen LogP contribution in [0.25, 0.3) is 0 Å². The lowest BCUT2D eigenvalue weighted by atomic mass is 10.2. The Hall–Kier alpha value is -1.50. The lowest BCUT2D eigenvalue weighted by Gasteiger charge is -2.12. The van der Waals surface area contributed by atoms with Gasteiger partial charge in [-0.2, -0.15) is 8.78 Å². The number of thioether (sulfide) groups is 1. The number of alkyl halides is 4. The van der Waals surface area contributed by atoms with Crippen LogP contribution in [0.3, 0.4) is 0 Å². The number of anilines is 1. The predicted octanol–water partition coefficient (Wildman–Crippen LogP) is 5.83. The molecule has 0 aliphatic heterocycles. The molecule has 1 aliphatic rings. The van der Waals surface area contributed by atoms with Crippen molar-refractivity contribution >= 4 is 46.6 Å². The second-order valence-corrected chi connectivity index (χ2v) is 8.43. The van der Waals surface area contributed by atoms with Gasteiger partial charge < -0.3 is 10.1 Å². The zero-order valence-corrected chi connectivity index (χ0v) is 15.8. The van der Waals surface area contributed by atoms with Crippen molar-refractivity contribution in [3.8, 4) is 5.75 Å². The summed E-state index contributed by atoms with van der Waals surface area (Å²) >= 11 is 13.7. The Labute approximate surface area is 164 Å². The predicted molar refractivity (Wildman–Crippen MR) is 101 cm³/mol. The molecule has 0 heterocycles. The third-order valence-corrected chi connectivity index (χ3v) is 6.01. The third kappa shape index (κ3) is 5.02. The summed E-state index contributed by atoms with van der Waals surface area (Å²) in [4.78, 5) is 13.3. The molecule has 1 saturated carbocycles. The van der Waals surface area contributed by atoms with Crippen molar-refractivity contribution in [2.75, 3.05) is 11.1 Å². The molecule has 3 nitrogen and oxygen atoms in total. The van der Waals surface area contributed by atoms with E-state index in [1.165, 1.54) is 24.3 Å². The van der Waals surface area contributed by atoms with Crippen LogP contribution in [0.4, 0.5) is 14.5 Å². The molecule has 1 fully saturated rings. The molecule has 0 aromatic heterocycles. The fourth-order valence-corrected chi connectivity index (χ4v) is 4.29. The maximum absolute atomic E-state index is 12.5. The van der Waals surface area contributed by atoms with E-state index in [9.17, 15) is 13.6 Å². The number of hydrogen-bond acceptors (Lipinski definition) is 3. The van der Waals surface area contributed by atoms with Crippen LogP contribution in [0.2, 0.25) is 0 Å². The van der Waals surface area contributed by atoms with Gasteiger partial charge in [0.1, 0.15) is 10.1 Å². The Morgan fingerprint density at radius 2 is 2.00 bits per heavy atom. The van der Waals surface area contributed by atoms with Crippen molar-refractivity contribution in [3.05, 3.63) is 54.1 Å². The number of carbonyl (C=O) groups excluding carboxylic acids is 1. The molecular weight excluding hydrogens is 403 g/mol. The van der Waals surface area contributed by atoms with Gasteiger partial charge in [0.05, 0.1) is 5.69 Å². The molecular formula is C18H15Cl2F2NO2S. The molecule has 3 rings (SSSR count). The number of rotatable bonds is 7.